The molecule has 0 fully saturated rings. The predicted octanol–water partition coefficient (Wildman–Crippen LogP) is 4.36. The van der Waals surface area contributed by atoms with Crippen LogP contribution in [-0.2, 0) is 6.54 Å². The molecule has 1 heterocycles. The summed E-state index contributed by atoms with van der Waals surface area (Å²) in [5.74, 6) is 0. The van der Waals surface area contributed by atoms with Gasteiger partial charge in [-0.25, -0.2) is 0 Å². The summed E-state index contributed by atoms with van der Waals surface area (Å²) < 4.78 is 1.81. The third-order valence-electron chi connectivity index (χ3n) is 2.10. The molecule has 0 bridgehead atoms. The number of nitrogens with one attached hydrogen (secondary N) is 1. The standard InChI is InChI=1S/C11H10BrClN2S/c12-7-1-3-9(14)10(5-7)15-6-8-2-4-11(13)16-8/h1-5,15H,6,14H2. The van der Waals surface area contributed by atoms with E-state index in [1.807, 2.05) is 30.3 Å². The number of rotatable bonds is 3. The SMILES string of the molecule is Nc1ccc(Br)cc1NCc1ccc(Cl)s1. The zero-order chi connectivity index (χ0) is 11.5. The number of benzene rings is 1. The van der Waals surface area contributed by atoms with Crippen LogP contribution in [-0.4, -0.2) is 0 Å². The highest BCUT2D eigenvalue weighted by Crippen LogP contribution is 2.26. The van der Waals surface area contributed by atoms with Crippen LogP contribution in [0.15, 0.2) is 34.8 Å². The van der Waals surface area contributed by atoms with Gasteiger partial charge in [0.05, 0.1) is 15.7 Å². The van der Waals surface area contributed by atoms with Crippen molar-refractivity contribution in [2.24, 2.45) is 0 Å². The van der Waals surface area contributed by atoms with Crippen LogP contribution in [0.5, 0.6) is 0 Å². The van der Waals surface area contributed by atoms with Gasteiger partial charge in [0.15, 0.2) is 0 Å². The van der Waals surface area contributed by atoms with Gasteiger partial charge in [0, 0.05) is 15.9 Å². The van der Waals surface area contributed by atoms with E-state index in [9.17, 15) is 0 Å². The van der Waals surface area contributed by atoms with Gasteiger partial charge >= 0.3 is 0 Å². The fourth-order valence-corrected chi connectivity index (χ4v) is 2.70. The summed E-state index contributed by atoms with van der Waals surface area (Å²) in [4.78, 5) is 1.18. The molecule has 0 amide bonds. The second kappa shape index (κ2) is 5.08. The third kappa shape index (κ3) is 2.90. The van der Waals surface area contributed by atoms with Gasteiger partial charge in [-0.1, -0.05) is 27.5 Å². The van der Waals surface area contributed by atoms with E-state index in [0.717, 1.165) is 26.7 Å². The van der Waals surface area contributed by atoms with Gasteiger partial charge in [-0.3, -0.25) is 0 Å². The molecule has 0 aliphatic rings. The molecule has 1 aromatic heterocycles. The van der Waals surface area contributed by atoms with E-state index in [2.05, 4.69) is 21.2 Å². The van der Waals surface area contributed by atoms with Crippen molar-refractivity contribution in [2.75, 3.05) is 11.1 Å². The Bertz CT molecular complexity index is 498. The first kappa shape index (κ1) is 11.8. The van der Waals surface area contributed by atoms with Gasteiger partial charge in [-0.15, -0.1) is 11.3 Å². The van der Waals surface area contributed by atoms with Crippen LogP contribution in [0.25, 0.3) is 0 Å². The van der Waals surface area contributed by atoms with E-state index in [4.69, 9.17) is 17.3 Å². The third-order valence-corrected chi connectivity index (χ3v) is 3.82. The van der Waals surface area contributed by atoms with Crippen molar-refractivity contribution in [3.63, 3.8) is 0 Å². The van der Waals surface area contributed by atoms with E-state index in [1.54, 1.807) is 11.3 Å². The van der Waals surface area contributed by atoms with E-state index < -0.39 is 0 Å². The molecular formula is C11H10BrClN2S. The first-order chi connectivity index (χ1) is 7.65. The molecule has 0 saturated carbocycles. The number of thiophene rings is 1. The molecule has 5 heteroatoms. The first-order valence-corrected chi connectivity index (χ1v) is 6.67. The summed E-state index contributed by atoms with van der Waals surface area (Å²) in [6.07, 6.45) is 0. The summed E-state index contributed by atoms with van der Waals surface area (Å²) in [5, 5.41) is 3.28. The van der Waals surface area contributed by atoms with E-state index >= 15 is 0 Å². The van der Waals surface area contributed by atoms with Crippen LogP contribution in [0.4, 0.5) is 11.4 Å². The Labute approximate surface area is 112 Å². The Morgan fingerprint density at radius 1 is 1.31 bits per heavy atom. The maximum absolute atomic E-state index is 5.86. The summed E-state index contributed by atoms with van der Waals surface area (Å²) in [5.41, 5.74) is 7.52. The van der Waals surface area contributed by atoms with Gasteiger partial charge in [-0.05, 0) is 30.3 Å². The lowest BCUT2D eigenvalue weighted by Crippen LogP contribution is -2.00. The predicted molar refractivity (Wildman–Crippen MR) is 75.2 cm³/mol. The zero-order valence-electron chi connectivity index (χ0n) is 8.34. The molecule has 2 nitrogen and oxygen atoms in total. The molecule has 16 heavy (non-hydrogen) atoms. The maximum atomic E-state index is 5.86. The minimum atomic E-state index is 0.734. The molecule has 0 atom stereocenters. The van der Waals surface area contributed by atoms with Crippen LogP contribution in [0.2, 0.25) is 4.34 Å². The fourth-order valence-electron chi connectivity index (χ4n) is 1.31. The van der Waals surface area contributed by atoms with Gasteiger partial charge in [0.2, 0.25) is 0 Å². The number of halogens is 2. The van der Waals surface area contributed by atoms with E-state index in [0.29, 0.717) is 0 Å². The molecule has 0 radical (unpaired) electrons. The molecule has 0 saturated heterocycles. The second-order valence-electron chi connectivity index (χ2n) is 3.29. The number of nitrogen functional groups attached to an aromatic ring is 1. The van der Waals surface area contributed by atoms with Gasteiger partial charge < -0.3 is 11.1 Å². The minimum absolute atomic E-state index is 0.734. The average Bonchev–Trinajstić information content (AvgIpc) is 2.66. The minimum Gasteiger partial charge on any atom is -0.397 e. The van der Waals surface area contributed by atoms with Gasteiger partial charge in [0.1, 0.15) is 0 Å². The molecule has 2 rings (SSSR count). The lowest BCUT2D eigenvalue weighted by Gasteiger charge is -2.08. The largest absolute Gasteiger partial charge is 0.397 e. The fraction of sp³-hybridized carbons (Fsp3) is 0.0909. The molecule has 3 N–H and O–H groups in total. The zero-order valence-corrected chi connectivity index (χ0v) is 11.5. The van der Waals surface area contributed by atoms with Crippen LogP contribution < -0.4 is 11.1 Å². The van der Waals surface area contributed by atoms with Crippen molar-refractivity contribution in [1.29, 1.82) is 0 Å². The number of nitrogens with two attached hydrogens (primary N) is 1. The normalized spacial score (nSPS) is 10.4. The number of hydrogen-bond donors (Lipinski definition) is 2. The molecule has 84 valence electrons. The number of anilines is 2. The quantitative estimate of drug-likeness (QED) is 0.826. The number of hydrogen-bond acceptors (Lipinski definition) is 3. The first-order valence-electron chi connectivity index (χ1n) is 4.68. The van der Waals surface area contributed by atoms with Crippen molar-refractivity contribution in [3.05, 3.63) is 44.0 Å². The molecule has 0 unspecified atom stereocenters. The molecule has 0 spiro atoms. The highest BCUT2D eigenvalue weighted by atomic mass is 79.9. The lowest BCUT2D eigenvalue weighted by atomic mass is 10.2. The summed E-state index contributed by atoms with van der Waals surface area (Å²) in [7, 11) is 0. The van der Waals surface area contributed by atoms with E-state index in [1.165, 1.54) is 4.88 Å². The van der Waals surface area contributed by atoms with Crippen molar-refractivity contribution in [3.8, 4) is 0 Å². The van der Waals surface area contributed by atoms with Crippen molar-refractivity contribution >= 4 is 50.2 Å². The topological polar surface area (TPSA) is 38.0 Å². The van der Waals surface area contributed by atoms with Crippen LogP contribution in [0, 0.1) is 0 Å². The highest BCUT2D eigenvalue weighted by molar-refractivity contribution is 9.10. The molecule has 0 aliphatic carbocycles. The van der Waals surface area contributed by atoms with Crippen LogP contribution in [0.1, 0.15) is 4.88 Å². The second-order valence-corrected chi connectivity index (χ2v) is 6.01. The Hall–Kier alpha value is -0.710. The molecule has 2 aromatic rings. The van der Waals surface area contributed by atoms with E-state index in [-0.39, 0.29) is 0 Å². The van der Waals surface area contributed by atoms with Crippen LogP contribution in [0.3, 0.4) is 0 Å². The smallest absolute Gasteiger partial charge is 0.0931 e. The van der Waals surface area contributed by atoms with Gasteiger partial charge in [-0.2, -0.15) is 0 Å². The summed E-state index contributed by atoms with van der Waals surface area (Å²) in [6, 6.07) is 9.66. The van der Waals surface area contributed by atoms with Gasteiger partial charge in [0.25, 0.3) is 0 Å². The highest BCUT2D eigenvalue weighted by Gasteiger charge is 2.01. The van der Waals surface area contributed by atoms with Crippen molar-refractivity contribution in [2.45, 2.75) is 6.54 Å². The molecule has 1 aromatic carbocycles. The Morgan fingerprint density at radius 2 is 2.12 bits per heavy atom. The maximum Gasteiger partial charge on any atom is 0.0931 e. The molecular weight excluding hydrogens is 308 g/mol. The Balaban J connectivity index is 2.07. The Kier molecular flexibility index (Phi) is 3.74. The molecule has 0 aliphatic heterocycles. The van der Waals surface area contributed by atoms with Crippen molar-refractivity contribution in [1.82, 2.24) is 0 Å². The van der Waals surface area contributed by atoms with Crippen LogP contribution >= 0.6 is 38.9 Å². The average molecular weight is 318 g/mol. The summed E-state index contributed by atoms with van der Waals surface area (Å²) in [6.45, 7) is 0.734. The monoisotopic (exact) mass is 316 g/mol. The van der Waals surface area contributed by atoms with Crippen molar-refractivity contribution < 1.29 is 0 Å². The summed E-state index contributed by atoms with van der Waals surface area (Å²) >= 11 is 10.8. The lowest BCUT2D eigenvalue weighted by molar-refractivity contribution is 1.19. The Morgan fingerprint density at radius 3 is 2.81 bits per heavy atom.